The minimum atomic E-state index is -0.477. The third kappa shape index (κ3) is 2.91. The van der Waals surface area contributed by atoms with Crippen LogP contribution >= 0.6 is 24.4 Å². The van der Waals surface area contributed by atoms with Crippen LogP contribution in [0.5, 0.6) is 0 Å². The van der Waals surface area contributed by atoms with Crippen molar-refractivity contribution in [2.75, 3.05) is 12.3 Å². The number of nitrogens with zero attached hydrogens (tertiary/aromatic N) is 1. The van der Waals surface area contributed by atoms with Crippen LogP contribution in [0.15, 0.2) is 0 Å². The van der Waals surface area contributed by atoms with E-state index in [0.29, 0.717) is 0 Å². The second kappa shape index (κ2) is 5.25. The van der Waals surface area contributed by atoms with E-state index in [1.807, 2.05) is 11.8 Å². The van der Waals surface area contributed by atoms with Gasteiger partial charge >= 0.3 is 0 Å². The topological polar surface area (TPSA) is 37.4 Å². The van der Waals surface area contributed by atoms with Gasteiger partial charge in [-0.15, -0.1) is 11.8 Å². The van der Waals surface area contributed by atoms with E-state index >= 15 is 0 Å². The summed E-state index contributed by atoms with van der Waals surface area (Å²) in [5.74, 6) is 0.657. The number of hydrogen-bond donors (Lipinski definition) is 1. The molecule has 0 N–H and O–H groups in total. The average molecular weight is 247 g/mol. The lowest BCUT2D eigenvalue weighted by atomic mass is 10.0. The predicted molar refractivity (Wildman–Crippen MR) is 66.3 cm³/mol. The predicted octanol–water partition coefficient (Wildman–Crippen LogP) is 1.43. The van der Waals surface area contributed by atoms with Gasteiger partial charge in [0.05, 0.1) is 16.5 Å². The van der Waals surface area contributed by atoms with Gasteiger partial charge in [-0.05, 0) is 13.8 Å². The molecule has 0 aromatic carbocycles. The zero-order valence-electron chi connectivity index (χ0n) is 9.27. The van der Waals surface area contributed by atoms with Crippen LogP contribution in [0.4, 0.5) is 0 Å². The Balaban J connectivity index is 2.63. The Bertz CT molecular complexity index is 270. The summed E-state index contributed by atoms with van der Waals surface area (Å²) in [6.45, 7) is 6.05. The van der Waals surface area contributed by atoms with Crippen LogP contribution in [0.2, 0.25) is 0 Å². The maximum Gasteiger partial charge on any atom is 0.227 e. The Labute approximate surface area is 100 Å². The molecule has 5 heteroatoms. The molecule has 0 spiro atoms. The van der Waals surface area contributed by atoms with E-state index in [1.54, 1.807) is 18.7 Å². The van der Waals surface area contributed by atoms with Crippen LogP contribution in [-0.2, 0) is 9.59 Å². The van der Waals surface area contributed by atoms with E-state index in [9.17, 15) is 9.59 Å². The third-order valence-electron chi connectivity index (χ3n) is 2.69. The number of ketones is 1. The molecule has 1 aliphatic heterocycles. The van der Waals surface area contributed by atoms with Gasteiger partial charge in [0, 0.05) is 12.3 Å². The fourth-order valence-electron chi connectivity index (χ4n) is 1.63. The highest BCUT2D eigenvalue weighted by Crippen LogP contribution is 2.26. The van der Waals surface area contributed by atoms with E-state index in [-0.39, 0.29) is 23.0 Å². The minimum Gasteiger partial charge on any atom is -0.330 e. The molecule has 0 aromatic rings. The maximum atomic E-state index is 12.0. The van der Waals surface area contributed by atoms with Crippen molar-refractivity contribution in [1.82, 2.24) is 4.90 Å². The van der Waals surface area contributed by atoms with Gasteiger partial charge < -0.3 is 4.90 Å². The van der Waals surface area contributed by atoms with Crippen molar-refractivity contribution in [3.63, 3.8) is 0 Å². The Morgan fingerprint density at radius 3 is 2.53 bits per heavy atom. The second-order valence-electron chi connectivity index (χ2n) is 3.85. The Morgan fingerprint density at radius 1 is 1.53 bits per heavy atom. The SMILES string of the molecule is CC(=O)C(S)C(C)C(=O)N1CCSC1C. The number of amides is 1. The first-order valence-electron chi connectivity index (χ1n) is 5.05. The Morgan fingerprint density at radius 2 is 2.13 bits per heavy atom. The van der Waals surface area contributed by atoms with E-state index in [0.717, 1.165) is 12.3 Å². The van der Waals surface area contributed by atoms with Crippen LogP contribution < -0.4 is 0 Å². The lowest BCUT2D eigenvalue weighted by Gasteiger charge is -2.26. The lowest BCUT2D eigenvalue weighted by molar-refractivity contribution is -0.136. The molecule has 3 atom stereocenters. The van der Waals surface area contributed by atoms with Gasteiger partial charge in [0.1, 0.15) is 5.78 Å². The molecule has 0 aromatic heterocycles. The molecule has 0 radical (unpaired) electrons. The van der Waals surface area contributed by atoms with E-state index < -0.39 is 5.25 Å². The van der Waals surface area contributed by atoms with Gasteiger partial charge in [0.25, 0.3) is 0 Å². The summed E-state index contributed by atoms with van der Waals surface area (Å²) in [7, 11) is 0. The van der Waals surface area contributed by atoms with Crippen molar-refractivity contribution >= 4 is 36.1 Å². The molecule has 1 rings (SSSR count). The van der Waals surface area contributed by atoms with Gasteiger partial charge in [-0.1, -0.05) is 6.92 Å². The summed E-state index contributed by atoms with van der Waals surface area (Å²) in [6.07, 6.45) is 0. The van der Waals surface area contributed by atoms with Crippen molar-refractivity contribution in [2.45, 2.75) is 31.4 Å². The zero-order chi connectivity index (χ0) is 11.6. The number of thioether (sulfide) groups is 1. The summed E-state index contributed by atoms with van der Waals surface area (Å²) in [5.41, 5.74) is 0. The van der Waals surface area contributed by atoms with Crippen molar-refractivity contribution < 1.29 is 9.59 Å². The fraction of sp³-hybridized carbons (Fsp3) is 0.800. The van der Waals surface area contributed by atoms with Gasteiger partial charge in [-0.3, -0.25) is 9.59 Å². The minimum absolute atomic E-state index is 0.0429. The number of hydrogen-bond acceptors (Lipinski definition) is 4. The van der Waals surface area contributed by atoms with Crippen LogP contribution in [0.1, 0.15) is 20.8 Å². The molecule has 86 valence electrons. The van der Waals surface area contributed by atoms with Crippen LogP contribution in [-0.4, -0.2) is 39.5 Å². The molecule has 1 saturated heterocycles. The van der Waals surface area contributed by atoms with Gasteiger partial charge in [0.2, 0.25) is 5.91 Å². The molecular weight excluding hydrogens is 230 g/mol. The van der Waals surface area contributed by atoms with Gasteiger partial charge in [-0.2, -0.15) is 12.6 Å². The summed E-state index contributed by atoms with van der Waals surface area (Å²) < 4.78 is 0. The summed E-state index contributed by atoms with van der Waals surface area (Å²) in [4.78, 5) is 25.0. The van der Waals surface area contributed by atoms with Gasteiger partial charge in [0.15, 0.2) is 0 Å². The molecule has 3 nitrogen and oxygen atoms in total. The smallest absolute Gasteiger partial charge is 0.227 e. The summed E-state index contributed by atoms with van der Waals surface area (Å²) in [6, 6.07) is 0. The molecular formula is C10H17NO2S2. The summed E-state index contributed by atoms with van der Waals surface area (Å²) in [5, 5.41) is -0.247. The van der Waals surface area contributed by atoms with Crippen LogP contribution in [0, 0.1) is 5.92 Å². The van der Waals surface area contributed by atoms with E-state index in [4.69, 9.17) is 0 Å². The first kappa shape index (κ1) is 12.9. The van der Waals surface area contributed by atoms with Crippen molar-refractivity contribution in [2.24, 2.45) is 5.92 Å². The Hall–Kier alpha value is -0.160. The number of rotatable bonds is 3. The van der Waals surface area contributed by atoms with Crippen molar-refractivity contribution in [1.29, 1.82) is 0 Å². The number of thiol groups is 1. The summed E-state index contributed by atoms with van der Waals surface area (Å²) >= 11 is 5.94. The molecule has 0 saturated carbocycles. The number of carbonyl (C=O) groups excluding carboxylic acids is 2. The molecule has 0 bridgehead atoms. The average Bonchev–Trinajstić information content (AvgIpc) is 2.60. The normalized spacial score (nSPS) is 25.1. The van der Waals surface area contributed by atoms with Crippen molar-refractivity contribution in [3.8, 4) is 0 Å². The molecule has 15 heavy (non-hydrogen) atoms. The molecule has 0 aliphatic carbocycles. The quantitative estimate of drug-likeness (QED) is 0.767. The lowest BCUT2D eigenvalue weighted by Crippen LogP contribution is -2.41. The highest BCUT2D eigenvalue weighted by Gasteiger charge is 2.33. The van der Waals surface area contributed by atoms with E-state index in [2.05, 4.69) is 12.6 Å². The third-order valence-corrected chi connectivity index (χ3v) is 4.66. The first-order valence-corrected chi connectivity index (χ1v) is 6.62. The maximum absolute atomic E-state index is 12.0. The molecule has 1 aliphatic rings. The number of carbonyl (C=O) groups is 2. The molecule has 1 heterocycles. The largest absolute Gasteiger partial charge is 0.330 e. The second-order valence-corrected chi connectivity index (χ2v) is 5.83. The monoisotopic (exact) mass is 247 g/mol. The van der Waals surface area contributed by atoms with Gasteiger partial charge in [-0.25, -0.2) is 0 Å². The number of Topliss-reactive ketones (excluding diaryl/α,β-unsaturated/α-hetero) is 1. The Kier molecular flexibility index (Phi) is 4.52. The first-order chi connectivity index (χ1) is 6.95. The van der Waals surface area contributed by atoms with Crippen molar-refractivity contribution in [3.05, 3.63) is 0 Å². The van der Waals surface area contributed by atoms with Crippen LogP contribution in [0.25, 0.3) is 0 Å². The fourth-order valence-corrected chi connectivity index (χ4v) is 2.79. The standard InChI is InChI=1S/C10H17NO2S2/c1-6(9(14)7(2)12)10(13)11-4-5-15-8(11)3/h6,8-9,14H,4-5H2,1-3H3. The van der Waals surface area contributed by atoms with E-state index in [1.165, 1.54) is 6.92 Å². The highest BCUT2D eigenvalue weighted by atomic mass is 32.2. The molecule has 1 amide bonds. The van der Waals surface area contributed by atoms with Crippen LogP contribution in [0.3, 0.4) is 0 Å². The highest BCUT2D eigenvalue weighted by molar-refractivity contribution is 8.00. The zero-order valence-corrected chi connectivity index (χ0v) is 11.0. The molecule has 1 fully saturated rings. The molecule has 3 unspecified atom stereocenters.